The van der Waals surface area contributed by atoms with E-state index < -0.39 is 0 Å². The van der Waals surface area contributed by atoms with Gasteiger partial charge in [-0.3, -0.25) is 0 Å². The second kappa shape index (κ2) is 3.45. The minimum atomic E-state index is 0.0597. The van der Waals surface area contributed by atoms with Crippen LogP contribution in [0.5, 0.6) is 0 Å². The van der Waals surface area contributed by atoms with Gasteiger partial charge in [0.1, 0.15) is 0 Å². The summed E-state index contributed by atoms with van der Waals surface area (Å²) in [6, 6.07) is 0. The Bertz CT molecular complexity index is 201. The minimum Gasteiger partial charge on any atom is -0.358 e. The molecule has 0 aromatic heterocycles. The van der Waals surface area contributed by atoms with E-state index in [2.05, 4.69) is 38.3 Å². The molecule has 0 spiro atoms. The smallest absolute Gasteiger partial charge is 0.167 e. The van der Waals surface area contributed by atoms with E-state index in [0.717, 1.165) is 5.11 Å². The molecule has 1 saturated carbocycles. The third kappa shape index (κ3) is 3.51. The number of hydrogen-bond donors (Lipinski definition) is 2. The summed E-state index contributed by atoms with van der Waals surface area (Å²) < 4.78 is 0. The molecule has 0 unspecified atom stereocenters. The van der Waals surface area contributed by atoms with Crippen LogP contribution < -0.4 is 10.6 Å². The molecular formula is C10H20N2S. The molecule has 0 aromatic rings. The van der Waals surface area contributed by atoms with Crippen LogP contribution in [0.1, 0.15) is 47.0 Å². The molecular weight excluding hydrogens is 180 g/mol. The Balaban J connectivity index is 2.33. The lowest BCUT2D eigenvalue weighted by Gasteiger charge is -2.41. The first-order chi connectivity index (χ1) is 5.81. The summed E-state index contributed by atoms with van der Waals surface area (Å²) >= 11 is 5.23. The van der Waals surface area contributed by atoms with Crippen LogP contribution in [0.3, 0.4) is 0 Å². The van der Waals surface area contributed by atoms with Gasteiger partial charge in [-0.05, 0) is 59.2 Å². The van der Waals surface area contributed by atoms with E-state index in [0.29, 0.717) is 0 Å². The Morgan fingerprint density at radius 3 is 2.15 bits per heavy atom. The van der Waals surface area contributed by atoms with Crippen LogP contribution in [-0.2, 0) is 0 Å². The zero-order valence-corrected chi connectivity index (χ0v) is 9.85. The fourth-order valence-corrected chi connectivity index (χ4v) is 2.03. The van der Waals surface area contributed by atoms with Crippen molar-refractivity contribution in [3.8, 4) is 0 Å². The number of hydrogen-bond acceptors (Lipinski definition) is 1. The number of thiocarbonyl (C=S) groups is 1. The highest BCUT2D eigenvalue weighted by Gasteiger charge is 2.32. The van der Waals surface area contributed by atoms with Crippen LogP contribution in [0.25, 0.3) is 0 Å². The van der Waals surface area contributed by atoms with Crippen molar-refractivity contribution in [2.24, 2.45) is 0 Å². The third-order valence-electron chi connectivity index (χ3n) is 2.36. The predicted molar refractivity (Wildman–Crippen MR) is 60.9 cm³/mol. The van der Waals surface area contributed by atoms with E-state index in [1.807, 2.05) is 0 Å². The average Bonchev–Trinajstić information content (AvgIpc) is 1.79. The van der Waals surface area contributed by atoms with E-state index in [4.69, 9.17) is 12.2 Å². The highest BCUT2D eigenvalue weighted by atomic mass is 32.1. The van der Waals surface area contributed by atoms with Gasteiger partial charge < -0.3 is 10.6 Å². The summed E-state index contributed by atoms with van der Waals surface area (Å²) in [5, 5.41) is 7.42. The van der Waals surface area contributed by atoms with Crippen molar-refractivity contribution in [3.05, 3.63) is 0 Å². The molecule has 1 rings (SSSR count). The van der Waals surface area contributed by atoms with Gasteiger partial charge in [0.05, 0.1) is 0 Å². The van der Waals surface area contributed by atoms with Crippen molar-refractivity contribution in [2.45, 2.75) is 58.0 Å². The van der Waals surface area contributed by atoms with Crippen molar-refractivity contribution < 1.29 is 0 Å². The van der Waals surface area contributed by atoms with Crippen LogP contribution >= 0.6 is 12.2 Å². The standard InChI is InChI=1S/C10H20N2S/c1-9(2,3)11-8(13)12-10(4)6-5-7-10/h5-7H2,1-4H3,(H2,11,12,13). The summed E-state index contributed by atoms with van der Waals surface area (Å²) in [6.07, 6.45) is 3.79. The monoisotopic (exact) mass is 200 g/mol. The molecule has 0 atom stereocenters. The fourth-order valence-electron chi connectivity index (χ4n) is 1.48. The van der Waals surface area contributed by atoms with Gasteiger partial charge in [0.2, 0.25) is 0 Å². The maximum Gasteiger partial charge on any atom is 0.167 e. The molecule has 0 aliphatic heterocycles. The zero-order chi connectivity index (χ0) is 10.1. The van der Waals surface area contributed by atoms with E-state index in [1.54, 1.807) is 0 Å². The Kier molecular flexibility index (Phi) is 2.85. The van der Waals surface area contributed by atoms with Crippen molar-refractivity contribution in [3.63, 3.8) is 0 Å². The lowest BCUT2D eigenvalue weighted by Crippen LogP contribution is -2.57. The molecule has 2 N–H and O–H groups in total. The van der Waals surface area contributed by atoms with E-state index in [9.17, 15) is 0 Å². The number of nitrogens with one attached hydrogen (secondary N) is 2. The molecule has 0 amide bonds. The average molecular weight is 200 g/mol. The van der Waals surface area contributed by atoms with E-state index in [-0.39, 0.29) is 11.1 Å². The molecule has 13 heavy (non-hydrogen) atoms. The molecule has 76 valence electrons. The van der Waals surface area contributed by atoms with Gasteiger partial charge in [0.25, 0.3) is 0 Å². The van der Waals surface area contributed by atoms with Crippen LogP contribution in [0.15, 0.2) is 0 Å². The van der Waals surface area contributed by atoms with Gasteiger partial charge >= 0.3 is 0 Å². The van der Waals surface area contributed by atoms with Gasteiger partial charge in [-0.1, -0.05) is 0 Å². The van der Waals surface area contributed by atoms with Crippen molar-refractivity contribution in [2.75, 3.05) is 0 Å². The number of rotatable bonds is 1. The fraction of sp³-hybridized carbons (Fsp3) is 0.900. The maximum atomic E-state index is 5.23. The molecule has 1 fully saturated rings. The Morgan fingerprint density at radius 1 is 1.31 bits per heavy atom. The lowest BCUT2D eigenvalue weighted by atomic mass is 9.79. The quantitative estimate of drug-likeness (QED) is 0.635. The molecule has 1 aliphatic carbocycles. The highest BCUT2D eigenvalue weighted by Crippen LogP contribution is 2.30. The lowest BCUT2D eigenvalue weighted by molar-refractivity contribution is 0.241. The third-order valence-corrected chi connectivity index (χ3v) is 2.57. The molecule has 2 nitrogen and oxygen atoms in total. The van der Waals surface area contributed by atoms with Gasteiger partial charge in [0.15, 0.2) is 5.11 Å². The van der Waals surface area contributed by atoms with Gasteiger partial charge in [-0.2, -0.15) is 0 Å². The SMILES string of the molecule is CC(C)(C)NC(=S)NC1(C)CCC1. The topological polar surface area (TPSA) is 24.1 Å². The second-order valence-corrected chi connectivity index (χ2v) is 5.65. The second-order valence-electron chi connectivity index (χ2n) is 5.24. The zero-order valence-electron chi connectivity index (χ0n) is 9.03. The summed E-state index contributed by atoms with van der Waals surface area (Å²) in [6.45, 7) is 8.57. The van der Waals surface area contributed by atoms with Gasteiger partial charge in [-0.15, -0.1) is 0 Å². The summed E-state index contributed by atoms with van der Waals surface area (Å²) in [5.41, 5.74) is 0.319. The van der Waals surface area contributed by atoms with Crippen molar-refractivity contribution >= 4 is 17.3 Å². The Labute approximate surface area is 86.5 Å². The van der Waals surface area contributed by atoms with Crippen molar-refractivity contribution in [1.29, 1.82) is 0 Å². The molecule has 3 heteroatoms. The molecule has 0 aromatic carbocycles. The normalized spacial score (nSPS) is 20.3. The Hall–Kier alpha value is -0.310. The summed E-state index contributed by atoms with van der Waals surface area (Å²) in [7, 11) is 0. The minimum absolute atomic E-state index is 0.0597. The van der Waals surface area contributed by atoms with E-state index >= 15 is 0 Å². The first kappa shape index (κ1) is 10.8. The van der Waals surface area contributed by atoms with Gasteiger partial charge in [0, 0.05) is 11.1 Å². The summed E-state index contributed by atoms with van der Waals surface area (Å²) in [5.74, 6) is 0. The highest BCUT2D eigenvalue weighted by molar-refractivity contribution is 7.80. The summed E-state index contributed by atoms with van der Waals surface area (Å²) in [4.78, 5) is 0. The molecule has 0 radical (unpaired) electrons. The maximum absolute atomic E-state index is 5.23. The Morgan fingerprint density at radius 2 is 1.85 bits per heavy atom. The molecule has 1 aliphatic rings. The largest absolute Gasteiger partial charge is 0.358 e. The first-order valence-electron chi connectivity index (χ1n) is 4.91. The molecule has 0 saturated heterocycles. The molecule has 0 bridgehead atoms. The molecule has 0 heterocycles. The van der Waals surface area contributed by atoms with Gasteiger partial charge in [-0.25, -0.2) is 0 Å². The van der Waals surface area contributed by atoms with Crippen LogP contribution in [0.2, 0.25) is 0 Å². The van der Waals surface area contributed by atoms with Crippen molar-refractivity contribution in [1.82, 2.24) is 10.6 Å². The first-order valence-corrected chi connectivity index (χ1v) is 5.32. The van der Waals surface area contributed by atoms with E-state index in [1.165, 1.54) is 19.3 Å². The van der Waals surface area contributed by atoms with Crippen LogP contribution in [0.4, 0.5) is 0 Å². The predicted octanol–water partition coefficient (Wildman–Crippen LogP) is 2.19. The van der Waals surface area contributed by atoms with Crippen LogP contribution in [-0.4, -0.2) is 16.2 Å². The van der Waals surface area contributed by atoms with Crippen LogP contribution in [0, 0.1) is 0 Å².